The molecule has 1 aromatic heterocycles. The highest BCUT2D eigenvalue weighted by Gasteiger charge is 2.16. The minimum Gasteiger partial charge on any atom is -0.495 e. The maximum absolute atomic E-state index is 11.2. The molecule has 0 spiro atoms. The van der Waals surface area contributed by atoms with Crippen molar-refractivity contribution in [2.45, 2.75) is 0 Å². The summed E-state index contributed by atoms with van der Waals surface area (Å²) in [6, 6.07) is 6.36. The van der Waals surface area contributed by atoms with Crippen molar-refractivity contribution in [2.75, 3.05) is 14.2 Å². The van der Waals surface area contributed by atoms with Gasteiger partial charge in [-0.1, -0.05) is 11.6 Å². The number of carboxylic acid groups (broad SMARTS) is 1. The van der Waals surface area contributed by atoms with Crippen molar-refractivity contribution in [2.24, 2.45) is 0 Å². The maximum Gasteiger partial charge on any atom is 0.352 e. The van der Waals surface area contributed by atoms with E-state index >= 15 is 0 Å². The van der Waals surface area contributed by atoms with Crippen LogP contribution in [0.5, 0.6) is 11.5 Å². The fourth-order valence-corrected chi connectivity index (χ4v) is 2.03. The summed E-state index contributed by atoms with van der Waals surface area (Å²) in [7, 11) is 2.98. The molecule has 6 heteroatoms. The second kappa shape index (κ2) is 5.24. The van der Waals surface area contributed by atoms with Crippen LogP contribution in [0.25, 0.3) is 5.69 Å². The van der Waals surface area contributed by atoms with Crippen molar-refractivity contribution in [1.82, 2.24) is 4.57 Å². The van der Waals surface area contributed by atoms with Crippen LogP contribution in [0.3, 0.4) is 0 Å². The number of methoxy groups -OCH3 is 2. The lowest BCUT2D eigenvalue weighted by molar-refractivity contribution is 0.0688. The van der Waals surface area contributed by atoms with Gasteiger partial charge < -0.3 is 19.1 Å². The zero-order valence-corrected chi connectivity index (χ0v) is 11.1. The van der Waals surface area contributed by atoms with E-state index in [-0.39, 0.29) is 5.69 Å². The normalized spacial score (nSPS) is 10.3. The van der Waals surface area contributed by atoms with E-state index in [0.717, 1.165) is 0 Å². The molecule has 0 fully saturated rings. The van der Waals surface area contributed by atoms with E-state index in [2.05, 4.69) is 0 Å². The molecule has 1 heterocycles. The Labute approximate surface area is 114 Å². The number of hydrogen-bond acceptors (Lipinski definition) is 3. The standard InChI is InChI=1S/C13H12ClNO4/c1-18-11-7-10(12(19-2)6-8(11)14)15-5-3-4-9(15)13(16)17/h3-7H,1-2H3,(H,16,17). The molecule has 1 N–H and O–H groups in total. The Morgan fingerprint density at radius 1 is 1.26 bits per heavy atom. The number of benzene rings is 1. The topological polar surface area (TPSA) is 60.7 Å². The van der Waals surface area contributed by atoms with Gasteiger partial charge in [-0.3, -0.25) is 0 Å². The summed E-state index contributed by atoms with van der Waals surface area (Å²) in [5.74, 6) is -0.118. The molecule has 1 aromatic carbocycles. The van der Waals surface area contributed by atoms with Crippen molar-refractivity contribution >= 4 is 17.6 Å². The van der Waals surface area contributed by atoms with Crippen molar-refractivity contribution < 1.29 is 19.4 Å². The Hall–Kier alpha value is -2.14. The zero-order valence-electron chi connectivity index (χ0n) is 10.4. The molecule has 2 rings (SSSR count). The Morgan fingerprint density at radius 2 is 1.95 bits per heavy atom. The number of carbonyl (C=O) groups is 1. The van der Waals surface area contributed by atoms with E-state index in [0.29, 0.717) is 22.2 Å². The lowest BCUT2D eigenvalue weighted by Gasteiger charge is -2.14. The Morgan fingerprint density at radius 3 is 2.53 bits per heavy atom. The number of carboxylic acids is 1. The van der Waals surface area contributed by atoms with Gasteiger partial charge >= 0.3 is 5.97 Å². The Bertz CT molecular complexity index is 621. The molecule has 19 heavy (non-hydrogen) atoms. The summed E-state index contributed by atoms with van der Waals surface area (Å²) in [6.45, 7) is 0. The quantitative estimate of drug-likeness (QED) is 0.936. The van der Waals surface area contributed by atoms with Crippen LogP contribution in [0.15, 0.2) is 30.5 Å². The van der Waals surface area contributed by atoms with Gasteiger partial charge in [0.15, 0.2) is 0 Å². The van der Waals surface area contributed by atoms with Gasteiger partial charge in [0.2, 0.25) is 0 Å². The van der Waals surface area contributed by atoms with Gasteiger partial charge in [0.1, 0.15) is 17.2 Å². The number of halogens is 1. The molecular weight excluding hydrogens is 270 g/mol. The molecule has 5 nitrogen and oxygen atoms in total. The summed E-state index contributed by atoms with van der Waals surface area (Å²) in [5, 5.41) is 9.54. The molecule has 0 atom stereocenters. The molecule has 0 aliphatic heterocycles. The lowest BCUT2D eigenvalue weighted by Crippen LogP contribution is -2.07. The summed E-state index contributed by atoms with van der Waals surface area (Å²) in [4.78, 5) is 11.2. The number of aromatic carboxylic acids is 1. The molecule has 0 aliphatic rings. The van der Waals surface area contributed by atoms with Crippen LogP contribution < -0.4 is 9.47 Å². The molecule has 100 valence electrons. The maximum atomic E-state index is 11.2. The first-order valence-corrected chi connectivity index (χ1v) is 5.78. The molecular formula is C13H12ClNO4. The van der Waals surface area contributed by atoms with Crippen LogP contribution in [-0.4, -0.2) is 29.9 Å². The van der Waals surface area contributed by atoms with Crippen LogP contribution in [0, 0.1) is 0 Å². The SMILES string of the molecule is COc1cc(-n2cccc2C(=O)O)c(OC)cc1Cl. The highest BCUT2D eigenvalue weighted by Crippen LogP contribution is 2.35. The predicted octanol–water partition coefficient (Wildman–Crippen LogP) is 2.85. The third kappa shape index (κ3) is 2.37. The molecule has 0 radical (unpaired) electrons. The zero-order chi connectivity index (χ0) is 14.0. The van der Waals surface area contributed by atoms with Gasteiger partial charge in [0, 0.05) is 18.3 Å². The van der Waals surface area contributed by atoms with Crippen LogP contribution in [-0.2, 0) is 0 Å². The van der Waals surface area contributed by atoms with E-state index in [1.807, 2.05) is 0 Å². The largest absolute Gasteiger partial charge is 0.495 e. The molecule has 2 aromatic rings. The van der Waals surface area contributed by atoms with E-state index in [1.165, 1.54) is 24.9 Å². The second-order valence-corrected chi connectivity index (χ2v) is 4.13. The average molecular weight is 282 g/mol. The van der Waals surface area contributed by atoms with Crippen molar-refractivity contribution in [3.8, 4) is 17.2 Å². The first kappa shape index (κ1) is 13.3. The van der Waals surface area contributed by atoms with Crippen LogP contribution in [0.1, 0.15) is 10.5 Å². The molecule has 0 amide bonds. The van der Waals surface area contributed by atoms with Gasteiger partial charge in [-0.2, -0.15) is 0 Å². The average Bonchev–Trinajstić information content (AvgIpc) is 2.87. The number of rotatable bonds is 4. The van der Waals surface area contributed by atoms with E-state index in [4.69, 9.17) is 26.2 Å². The third-order valence-electron chi connectivity index (χ3n) is 2.68. The summed E-state index contributed by atoms with van der Waals surface area (Å²) in [6.07, 6.45) is 1.63. The summed E-state index contributed by atoms with van der Waals surface area (Å²) >= 11 is 6.01. The van der Waals surface area contributed by atoms with E-state index < -0.39 is 5.97 Å². The highest BCUT2D eigenvalue weighted by atomic mass is 35.5. The highest BCUT2D eigenvalue weighted by molar-refractivity contribution is 6.32. The van der Waals surface area contributed by atoms with Gasteiger partial charge in [0.05, 0.1) is 24.9 Å². The lowest BCUT2D eigenvalue weighted by atomic mass is 10.2. The minimum atomic E-state index is -1.03. The monoisotopic (exact) mass is 281 g/mol. The number of ether oxygens (including phenoxy) is 2. The smallest absolute Gasteiger partial charge is 0.352 e. The van der Waals surface area contributed by atoms with E-state index in [1.54, 1.807) is 24.4 Å². The molecule has 0 aliphatic carbocycles. The number of nitrogens with zero attached hydrogens (tertiary/aromatic N) is 1. The first-order chi connectivity index (χ1) is 9.08. The van der Waals surface area contributed by atoms with Crippen LogP contribution >= 0.6 is 11.6 Å². The van der Waals surface area contributed by atoms with Gasteiger partial charge in [0.25, 0.3) is 0 Å². The molecule has 0 unspecified atom stereocenters. The summed E-state index contributed by atoms with van der Waals surface area (Å²) < 4.78 is 11.9. The van der Waals surface area contributed by atoms with Crippen LogP contribution in [0.4, 0.5) is 0 Å². The minimum absolute atomic E-state index is 0.127. The molecule has 0 saturated heterocycles. The van der Waals surface area contributed by atoms with Gasteiger partial charge in [-0.05, 0) is 12.1 Å². The second-order valence-electron chi connectivity index (χ2n) is 3.73. The van der Waals surface area contributed by atoms with Gasteiger partial charge in [-0.15, -0.1) is 0 Å². The van der Waals surface area contributed by atoms with E-state index in [9.17, 15) is 4.79 Å². The predicted molar refractivity (Wildman–Crippen MR) is 70.8 cm³/mol. The first-order valence-electron chi connectivity index (χ1n) is 5.41. The molecule has 0 saturated carbocycles. The number of aromatic nitrogens is 1. The third-order valence-corrected chi connectivity index (χ3v) is 2.98. The Kier molecular flexibility index (Phi) is 3.66. The Balaban J connectivity index is 2.66. The fraction of sp³-hybridized carbons (Fsp3) is 0.154. The van der Waals surface area contributed by atoms with Gasteiger partial charge in [-0.25, -0.2) is 4.79 Å². The summed E-state index contributed by atoms with van der Waals surface area (Å²) in [5.41, 5.74) is 0.675. The van der Waals surface area contributed by atoms with Crippen molar-refractivity contribution in [3.63, 3.8) is 0 Å². The molecule has 0 bridgehead atoms. The fourth-order valence-electron chi connectivity index (χ4n) is 1.80. The number of hydrogen-bond donors (Lipinski definition) is 1. The van der Waals surface area contributed by atoms with Crippen LogP contribution in [0.2, 0.25) is 5.02 Å². The van der Waals surface area contributed by atoms with Crippen molar-refractivity contribution in [1.29, 1.82) is 0 Å². The van der Waals surface area contributed by atoms with Crippen molar-refractivity contribution in [3.05, 3.63) is 41.2 Å².